The lowest BCUT2D eigenvalue weighted by atomic mass is 9.99. The molecule has 5 heteroatoms. The number of aromatic nitrogens is 2. The molecule has 1 saturated heterocycles. The highest BCUT2D eigenvalue weighted by atomic mass is 35.5. The van der Waals surface area contributed by atoms with Crippen molar-refractivity contribution >= 4 is 28.2 Å². The molecule has 0 aliphatic carbocycles. The standard InChI is InChI=1S/C20H21ClN4/c1-14(17-8-4-6-15-5-2-3-7-18(15)17)24-16-9-12-25(13-16)20-19(21)22-10-11-23-20/h2-8,10-11,14,16,24H,9,12-13H2,1H3/t14-,16-/m1/s1. The molecule has 3 aromatic rings. The van der Waals surface area contributed by atoms with Crippen molar-refractivity contribution in [1.29, 1.82) is 0 Å². The summed E-state index contributed by atoms with van der Waals surface area (Å²) in [6.07, 6.45) is 4.39. The van der Waals surface area contributed by atoms with E-state index >= 15 is 0 Å². The number of halogens is 1. The molecule has 0 radical (unpaired) electrons. The van der Waals surface area contributed by atoms with Crippen LogP contribution in [-0.4, -0.2) is 29.1 Å². The number of nitrogens with zero attached hydrogens (tertiary/aromatic N) is 3. The second kappa shape index (κ2) is 6.98. The van der Waals surface area contributed by atoms with Gasteiger partial charge in [0.05, 0.1) is 0 Å². The van der Waals surface area contributed by atoms with Crippen molar-refractivity contribution in [3.8, 4) is 0 Å². The summed E-state index contributed by atoms with van der Waals surface area (Å²) >= 11 is 6.18. The summed E-state index contributed by atoms with van der Waals surface area (Å²) in [5.74, 6) is 0.784. The fraction of sp³-hybridized carbons (Fsp3) is 0.300. The van der Waals surface area contributed by atoms with E-state index in [2.05, 4.69) is 69.6 Å². The number of anilines is 1. The van der Waals surface area contributed by atoms with Crippen LogP contribution < -0.4 is 10.2 Å². The van der Waals surface area contributed by atoms with E-state index in [4.69, 9.17) is 11.6 Å². The maximum absolute atomic E-state index is 6.18. The Bertz CT molecular complexity index is 877. The Balaban J connectivity index is 1.48. The number of hydrogen-bond donors (Lipinski definition) is 1. The van der Waals surface area contributed by atoms with Gasteiger partial charge in [-0.2, -0.15) is 0 Å². The first-order valence-electron chi connectivity index (χ1n) is 8.67. The minimum atomic E-state index is 0.286. The van der Waals surface area contributed by atoms with Crippen LogP contribution in [0.1, 0.15) is 24.9 Å². The molecule has 0 saturated carbocycles. The zero-order valence-corrected chi connectivity index (χ0v) is 14.9. The van der Waals surface area contributed by atoms with Crippen molar-refractivity contribution < 1.29 is 0 Å². The molecule has 1 aliphatic heterocycles. The van der Waals surface area contributed by atoms with E-state index in [-0.39, 0.29) is 6.04 Å². The van der Waals surface area contributed by atoms with Gasteiger partial charge in [-0.3, -0.25) is 0 Å². The summed E-state index contributed by atoms with van der Waals surface area (Å²) < 4.78 is 0. The molecule has 0 bridgehead atoms. The quantitative estimate of drug-likeness (QED) is 0.763. The zero-order chi connectivity index (χ0) is 17.2. The van der Waals surface area contributed by atoms with Crippen molar-refractivity contribution in [2.24, 2.45) is 0 Å². The molecule has 1 N–H and O–H groups in total. The third-order valence-corrected chi connectivity index (χ3v) is 5.17. The number of nitrogens with one attached hydrogen (secondary N) is 1. The fourth-order valence-electron chi connectivity index (χ4n) is 3.69. The van der Waals surface area contributed by atoms with Gasteiger partial charge in [0.25, 0.3) is 0 Å². The third kappa shape index (κ3) is 3.32. The lowest BCUT2D eigenvalue weighted by molar-refractivity contribution is 0.483. The summed E-state index contributed by atoms with van der Waals surface area (Å²) in [5.41, 5.74) is 1.34. The minimum absolute atomic E-state index is 0.286. The zero-order valence-electron chi connectivity index (χ0n) is 14.2. The monoisotopic (exact) mass is 352 g/mol. The van der Waals surface area contributed by atoms with Crippen LogP contribution >= 0.6 is 11.6 Å². The third-order valence-electron chi connectivity index (χ3n) is 4.90. The molecule has 1 aromatic heterocycles. The average Bonchev–Trinajstić information content (AvgIpc) is 3.09. The summed E-state index contributed by atoms with van der Waals surface area (Å²) in [4.78, 5) is 10.7. The lowest BCUT2D eigenvalue weighted by Gasteiger charge is -2.22. The lowest BCUT2D eigenvalue weighted by Crippen LogP contribution is -2.34. The van der Waals surface area contributed by atoms with E-state index in [1.54, 1.807) is 12.4 Å². The van der Waals surface area contributed by atoms with Crippen LogP contribution in [-0.2, 0) is 0 Å². The van der Waals surface area contributed by atoms with Crippen LogP contribution in [0.25, 0.3) is 10.8 Å². The minimum Gasteiger partial charge on any atom is -0.352 e. The molecule has 25 heavy (non-hydrogen) atoms. The SMILES string of the molecule is C[C@@H](N[C@@H]1CCN(c2nccnc2Cl)C1)c1cccc2ccccc12. The van der Waals surface area contributed by atoms with Crippen LogP contribution in [0.2, 0.25) is 5.15 Å². The Morgan fingerprint density at radius 3 is 2.80 bits per heavy atom. The molecule has 1 fully saturated rings. The van der Waals surface area contributed by atoms with Crippen LogP contribution in [0.4, 0.5) is 5.82 Å². The van der Waals surface area contributed by atoms with Gasteiger partial charge in [0.2, 0.25) is 0 Å². The number of rotatable bonds is 4. The average molecular weight is 353 g/mol. The first-order chi connectivity index (χ1) is 12.2. The van der Waals surface area contributed by atoms with Crippen molar-refractivity contribution in [2.45, 2.75) is 25.4 Å². The highest BCUT2D eigenvalue weighted by Crippen LogP contribution is 2.27. The Hall–Kier alpha value is -2.17. The molecule has 2 atom stereocenters. The molecule has 2 heterocycles. The van der Waals surface area contributed by atoms with E-state index in [0.717, 1.165) is 25.3 Å². The van der Waals surface area contributed by atoms with Crippen molar-refractivity contribution in [1.82, 2.24) is 15.3 Å². The van der Waals surface area contributed by atoms with Gasteiger partial charge in [-0.15, -0.1) is 0 Å². The fourth-order valence-corrected chi connectivity index (χ4v) is 3.91. The van der Waals surface area contributed by atoms with E-state index in [9.17, 15) is 0 Å². The summed E-state index contributed by atoms with van der Waals surface area (Å²) in [5, 5.41) is 6.85. The van der Waals surface area contributed by atoms with Gasteiger partial charge < -0.3 is 10.2 Å². The second-order valence-corrected chi connectivity index (χ2v) is 6.92. The molecular formula is C20H21ClN4. The van der Waals surface area contributed by atoms with Gasteiger partial charge >= 0.3 is 0 Å². The molecule has 4 nitrogen and oxygen atoms in total. The van der Waals surface area contributed by atoms with Crippen LogP contribution in [0.15, 0.2) is 54.9 Å². The molecule has 1 aliphatic rings. The molecule has 4 rings (SSSR count). The van der Waals surface area contributed by atoms with Crippen LogP contribution in [0.3, 0.4) is 0 Å². The predicted octanol–water partition coefficient (Wildman–Crippen LogP) is 4.21. The molecule has 2 aromatic carbocycles. The van der Waals surface area contributed by atoms with Gasteiger partial charge in [0.15, 0.2) is 11.0 Å². The first kappa shape index (κ1) is 16.3. The maximum Gasteiger partial charge on any atom is 0.171 e. The maximum atomic E-state index is 6.18. The molecule has 128 valence electrons. The molecular weight excluding hydrogens is 332 g/mol. The Labute approximate surface area is 152 Å². The van der Waals surface area contributed by atoms with Crippen molar-refractivity contribution in [2.75, 3.05) is 18.0 Å². The highest BCUT2D eigenvalue weighted by Gasteiger charge is 2.26. The largest absolute Gasteiger partial charge is 0.352 e. The van der Waals surface area contributed by atoms with Crippen molar-refractivity contribution in [3.05, 3.63) is 65.6 Å². The Kier molecular flexibility index (Phi) is 4.55. The topological polar surface area (TPSA) is 41.0 Å². The Morgan fingerprint density at radius 1 is 1.12 bits per heavy atom. The smallest absolute Gasteiger partial charge is 0.171 e. The van der Waals surface area contributed by atoms with Gasteiger partial charge in [-0.1, -0.05) is 54.1 Å². The summed E-state index contributed by atoms with van der Waals surface area (Å²) in [6, 6.07) is 15.8. The van der Waals surface area contributed by atoms with E-state index in [1.807, 2.05) is 0 Å². The van der Waals surface area contributed by atoms with Crippen molar-refractivity contribution in [3.63, 3.8) is 0 Å². The van der Waals surface area contributed by atoms with Crippen LogP contribution in [0, 0.1) is 0 Å². The number of hydrogen-bond acceptors (Lipinski definition) is 4. The first-order valence-corrected chi connectivity index (χ1v) is 9.05. The highest BCUT2D eigenvalue weighted by molar-refractivity contribution is 6.31. The van der Waals surface area contributed by atoms with Crippen LogP contribution in [0.5, 0.6) is 0 Å². The predicted molar refractivity (Wildman–Crippen MR) is 103 cm³/mol. The van der Waals surface area contributed by atoms with E-state index in [0.29, 0.717) is 11.2 Å². The van der Waals surface area contributed by atoms with E-state index < -0.39 is 0 Å². The van der Waals surface area contributed by atoms with Gasteiger partial charge in [-0.05, 0) is 29.7 Å². The summed E-state index contributed by atoms with van der Waals surface area (Å²) in [6.45, 7) is 4.07. The summed E-state index contributed by atoms with van der Waals surface area (Å²) in [7, 11) is 0. The number of benzene rings is 2. The molecule has 0 amide bonds. The second-order valence-electron chi connectivity index (χ2n) is 6.56. The van der Waals surface area contributed by atoms with Gasteiger partial charge in [0, 0.05) is 37.6 Å². The molecule has 0 unspecified atom stereocenters. The Morgan fingerprint density at radius 2 is 1.92 bits per heavy atom. The van der Waals surface area contributed by atoms with Gasteiger partial charge in [-0.25, -0.2) is 9.97 Å². The van der Waals surface area contributed by atoms with E-state index in [1.165, 1.54) is 16.3 Å². The molecule has 0 spiro atoms. The number of fused-ring (bicyclic) bond motifs is 1. The normalized spacial score (nSPS) is 18.6. The van der Waals surface area contributed by atoms with Gasteiger partial charge in [0.1, 0.15) is 0 Å².